The molecule has 1 aromatic rings. The molecule has 6 heteroatoms. The van der Waals surface area contributed by atoms with Crippen LogP contribution in [0.3, 0.4) is 0 Å². The fraction of sp³-hybridized carbons (Fsp3) is 0.600. The smallest absolute Gasteiger partial charge is 0.231 e. The highest BCUT2D eigenvalue weighted by molar-refractivity contribution is 7.96. The maximum Gasteiger partial charge on any atom is 0.231 e. The van der Waals surface area contributed by atoms with Gasteiger partial charge in [0.15, 0.2) is 0 Å². The minimum Gasteiger partial charge on any atom is -0.308 e. The van der Waals surface area contributed by atoms with Crippen molar-refractivity contribution < 1.29 is 4.79 Å². The van der Waals surface area contributed by atoms with Crippen molar-refractivity contribution in [1.82, 2.24) is 13.9 Å². The standard InChI is InChI=1S/C10H14N4OS/c1-12-8(15)5-10(6-13(7-10)16-2)14-4-3-11-9(12)14/h3-4H,5-7H2,1-2H3. The van der Waals surface area contributed by atoms with Crippen molar-refractivity contribution in [2.75, 3.05) is 31.3 Å². The highest BCUT2D eigenvalue weighted by atomic mass is 32.2. The maximum atomic E-state index is 11.9. The van der Waals surface area contributed by atoms with Crippen molar-refractivity contribution in [1.29, 1.82) is 0 Å². The first-order valence-electron chi connectivity index (χ1n) is 5.26. The van der Waals surface area contributed by atoms with Gasteiger partial charge in [0.25, 0.3) is 0 Å². The van der Waals surface area contributed by atoms with Gasteiger partial charge in [-0.05, 0) is 6.26 Å². The van der Waals surface area contributed by atoms with Crippen molar-refractivity contribution in [2.45, 2.75) is 12.0 Å². The first-order chi connectivity index (χ1) is 7.66. The van der Waals surface area contributed by atoms with E-state index in [-0.39, 0.29) is 11.4 Å². The molecule has 1 spiro atoms. The summed E-state index contributed by atoms with van der Waals surface area (Å²) in [6.07, 6.45) is 6.41. The first kappa shape index (κ1) is 10.2. The van der Waals surface area contributed by atoms with Gasteiger partial charge in [-0.1, -0.05) is 11.9 Å². The van der Waals surface area contributed by atoms with Gasteiger partial charge in [0.05, 0.1) is 12.0 Å². The summed E-state index contributed by atoms with van der Waals surface area (Å²) in [7, 11) is 1.79. The molecule has 5 nitrogen and oxygen atoms in total. The van der Waals surface area contributed by atoms with Gasteiger partial charge in [-0.15, -0.1) is 0 Å². The van der Waals surface area contributed by atoms with E-state index in [0.29, 0.717) is 6.42 Å². The predicted molar refractivity (Wildman–Crippen MR) is 63.3 cm³/mol. The Morgan fingerprint density at radius 3 is 2.94 bits per heavy atom. The molecule has 0 N–H and O–H groups in total. The molecule has 3 heterocycles. The normalized spacial score (nSPS) is 23.4. The number of imidazole rings is 1. The Morgan fingerprint density at radius 2 is 2.25 bits per heavy atom. The average Bonchev–Trinajstić information content (AvgIpc) is 2.69. The second-order valence-corrected chi connectivity index (χ2v) is 5.31. The van der Waals surface area contributed by atoms with E-state index >= 15 is 0 Å². The molecule has 0 aliphatic carbocycles. The van der Waals surface area contributed by atoms with Gasteiger partial charge in [0.2, 0.25) is 11.9 Å². The summed E-state index contributed by atoms with van der Waals surface area (Å²) < 4.78 is 4.42. The number of hydrogen-bond donors (Lipinski definition) is 0. The molecule has 2 aliphatic rings. The van der Waals surface area contributed by atoms with Crippen LogP contribution in [0.15, 0.2) is 12.4 Å². The van der Waals surface area contributed by atoms with Gasteiger partial charge < -0.3 is 4.57 Å². The van der Waals surface area contributed by atoms with E-state index in [0.717, 1.165) is 19.0 Å². The van der Waals surface area contributed by atoms with Crippen molar-refractivity contribution in [3.63, 3.8) is 0 Å². The predicted octanol–water partition coefficient (Wildman–Crippen LogP) is 0.538. The summed E-state index contributed by atoms with van der Waals surface area (Å²) in [6.45, 7) is 1.86. The van der Waals surface area contributed by atoms with Gasteiger partial charge in [-0.2, -0.15) is 0 Å². The maximum absolute atomic E-state index is 11.9. The molecular formula is C10H14N4OS. The zero-order chi connectivity index (χ0) is 11.3. The lowest BCUT2D eigenvalue weighted by Gasteiger charge is -2.52. The number of hydrogen-bond acceptors (Lipinski definition) is 4. The van der Waals surface area contributed by atoms with Crippen molar-refractivity contribution in [2.24, 2.45) is 0 Å². The minimum absolute atomic E-state index is 0.0432. The molecule has 2 aliphatic heterocycles. The molecule has 1 aromatic heterocycles. The Balaban J connectivity index is 1.99. The van der Waals surface area contributed by atoms with Gasteiger partial charge in [0, 0.05) is 32.5 Å². The number of anilines is 1. The Kier molecular flexibility index (Phi) is 2.06. The van der Waals surface area contributed by atoms with Crippen LogP contribution in [0.25, 0.3) is 0 Å². The third kappa shape index (κ3) is 1.17. The summed E-state index contributed by atoms with van der Waals surface area (Å²) in [4.78, 5) is 17.8. The number of fused-ring (bicyclic) bond motifs is 2. The second-order valence-electron chi connectivity index (χ2n) is 4.43. The highest BCUT2D eigenvalue weighted by Crippen LogP contribution is 2.41. The van der Waals surface area contributed by atoms with Gasteiger partial charge in [-0.3, -0.25) is 9.69 Å². The van der Waals surface area contributed by atoms with Crippen LogP contribution in [-0.2, 0) is 10.3 Å². The lowest BCUT2D eigenvalue weighted by molar-refractivity contribution is -0.123. The zero-order valence-electron chi connectivity index (χ0n) is 9.38. The first-order valence-corrected chi connectivity index (χ1v) is 6.44. The van der Waals surface area contributed by atoms with Gasteiger partial charge in [0.1, 0.15) is 0 Å². The van der Waals surface area contributed by atoms with E-state index in [9.17, 15) is 4.79 Å². The number of nitrogens with zero attached hydrogens (tertiary/aromatic N) is 4. The van der Waals surface area contributed by atoms with Crippen LogP contribution < -0.4 is 4.90 Å². The van der Waals surface area contributed by atoms with Crippen LogP contribution in [0.5, 0.6) is 0 Å². The highest BCUT2D eigenvalue weighted by Gasteiger charge is 2.50. The second kappa shape index (κ2) is 3.24. The third-order valence-corrected chi connectivity index (χ3v) is 4.26. The van der Waals surface area contributed by atoms with Crippen LogP contribution in [-0.4, -0.2) is 46.2 Å². The third-order valence-electron chi connectivity index (χ3n) is 3.49. The summed E-state index contributed by atoms with van der Waals surface area (Å²) in [6, 6.07) is 0. The topological polar surface area (TPSA) is 41.4 Å². The molecule has 16 heavy (non-hydrogen) atoms. The number of amides is 1. The molecule has 0 radical (unpaired) electrons. The fourth-order valence-electron chi connectivity index (χ4n) is 2.51. The SMILES string of the molecule is CSN1CC2(CC(=O)N(C)c3nccn32)C1. The molecular weight excluding hydrogens is 224 g/mol. The van der Waals surface area contributed by atoms with Crippen LogP contribution in [0.1, 0.15) is 6.42 Å². The lowest BCUT2D eigenvalue weighted by Crippen LogP contribution is -2.64. The molecule has 0 bridgehead atoms. The van der Waals surface area contributed by atoms with Crippen LogP contribution in [0.2, 0.25) is 0 Å². The van der Waals surface area contributed by atoms with Crippen LogP contribution in [0, 0.1) is 0 Å². The van der Waals surface area contributed by atoms with E-state index in [1.807, 2.05) is 6.20 Å². The monoisotopic (exact) mass is 238 g/mol. The summed E-state index contributed by atoms with van der Waals surface area (Å²) >= 11 is 1.73. The fourth-order valence-corrected chi connectivity index (χ4v) is 3.25. The van der Waals surface area contributed by atoms with E-state index in [2.05, 4.69) is 20.1 Å². The Bertz CT molecular complexity index is 438. The molecule has 1 fully saturated rings. The largest absolute Gasteiger partial charge is 0.308 e. The summed E-state index contributed by atoms with van der Waals surface area (Å²) in [5.74, 6) is 0.941. The molecule has 1 saturated heterocycles. The van der Waals surface area contributed by atoms with Crippen molar-refractivity contribution >= 4 is 23.8 Å². The molecule has 0 atom stereocenters. The Hall–Kier alpha value is -1.01. The Morgan fingerprint density at radius 1 is 1.50 bits per heavy atom. The average molecular weight is 238 g/mol. The summed E-state index contributed by atoms with van der Waals surface area (Å²) in [5.41, 5.74) is -0.0432. The number of carbonyl (C=O) groups is 1. The quantitative estimate of drug-likeness (QED) is 0.670. The van der Waals surface area contributed by atoms with E-state index in [4.69, 9.17) is 0 Å². The van der Waals surface area contributed by atoms with Crippen LogP contribution >= 0.6 is 11.9 Å². The molecule has 1 amide bonds. The molecule has 0 unspecified atom stereocenters. The molecule has 3 rings (SSSR count). The summed E-state index contributed by atoms with van der Waals surface area (Å²) in [5, 5.41) is 0. The van der Waals surface area contributed by atoms with Gasteiger partial charge >= 0.3 is 0 Å². The van der Waals surface area contributed by atoms with E-state index in [1.165, 1.54) is 0 Å². The molecule has 0 aromatic carbocycles. The number of rotatable bonds is 1. The van der Waals surface area contributed by atoms with Crippen LogP contribution in [0.4, 0.5) is 5.95 Å². The Labute approximate surface area is 98.6 Å². The van der Waals surface area contributed by atoms with E-state index in [1.54, 1.807) is 30.1 Å². The molecule has 86 valence electrons. The van der Waals surface area contributed by atoms with Crippen molar-refractivity contribution in [3.05, 3.63) is 12.4 Å². The number of aromatic nitrogens is 2. The zero-order valence-corrected chi connectivity index (χ0v) is 10.2. The van der Waals surface area contributed by atoms with E-state index < -0.39 is 0 Å². The van der Waals surface area contributed by atoms with Gasteiger partial charge in [-0.25, -0.2) is 9.29 Å². The minimum atomic E-state index is -0.0432. The van der Waals surface area contributed by atoms with Crippen molar-refractivity contribution in [3.8, 4) is 0 Å². The lowest BCUT2D eigenvalue weighted by atomic mass is 9.86. The number of carbonyl (C=O) groups excluding carboxylic acids is 1. The molecule has 0 saturated carbocycles.